The molecule has 92 valence electrons. The molecule has 0 aliphatic heterocycles. The zero-order chi connectivity index (χ0) is 12.1. The van der Waals surface area contributed by atoms with E-state index in [1.165, 1.54) is 5.56 Å². The van der Waals surface area contributed by atoms with Gasteiger partial charge in [-0.3, -0.25) is 4.68 Å². The van der Waals surface area contributed by atoms with Crippen molar-refractivity contribution in [2.45, 2.75) is 26.4 Å². The lowest BCUT2D eigenvalue weighted by Gasteiger charge is -2.05. The quantitative estimate of drug-likeness (QED) is 0.756. The number of aryl methyl sites for hydroxylation is 2. The molecule has 1 N–H and O–H groups in total. The van der Waals surface area contributed by atoms with Crippen LogP contribution < -0.4 is 5.32 Å². The third-order valence-electron chi connectivity index (χ3n) is 2.77. The molecule has 0 aliphatic rings. The molecule has 0 radical (unpaired) electrons. The average molecular weight is 233 g/mol. The van der Waals surface area contributed by atoms with Gasteiger partial charge >= 0.3 is 0 Å². The van der Waals surface area contributed by atoms with Gasteiger partial charge in [-0.2, -0.15) is 5.10 Å². The maximum absolute atomic E-state index is 4.32. The second-order valence-electron chi connectivity index (χ2n) is 4.08. The van der Waals surface area contributed by atoms with Crippen LogP contribution in [0.15, 0.2) is 24.8 Å². The number of nitrogens with zero attached hydrogens (tertiary/aromatic N) is 4. The molecule has 0 unspecified atom stereocenters. The first-order valence-electron chi connectivity index (χ1n) is 5.98. The van der Waals surface area contributed by atoms with Gasteiger partial charge < -0.3 is 9.88 Å². The Morgan fingerprint density at radius 2 is 2.29 bits per heavy atom. The third kappa shape index (κ3) is 3.17. The molecule has 0 aliphatic carbocycles. The van der Waals surface area contributed by atoms with Gasteiger partial charge in [-0.05, 0) is 25.5 Å². The molecule has 0 fully saturated rings. The highest BCUT2D eigenvalue weighted by atomic mass is 15.2. The van der Waals surface area contributed by atoms with Crippen LogP contribution in [0.1, 0.15) is 18.3 Å². The van der Waals surface area contributed by atoms with Gasteiger partial charge in [0.2, 0.25) is 0 Å². The summed E-state index contributed by atoms with van der Waals surface area (Å²) >= 11 is 0. The Kier molecular flexibility index (Phi) is 3.93. The number of hydrogen-bond acceptors (Lipinski definition) is 3. The zero-order valence-electron chi connectivity index (χ0n) is 10.4. The smallest absolute Gasteiger partial charge is 0.122 e. The van der Waals surface area contributed by atoms with Gasteiger partial charge in [-0.1, -0.05) is 0 Å². The van der Waals surface area contributed by atoms with Crippen LogP contribution in [0, 0.1) is 0 Å². The minimum atomic E-state index is 0.821. The molecule has 0 aromatic carbocycles. The first kappa shape index (κ1) is 11.9. The molecular weight excluding hydrogens is 214 g/mol. The van der Waals surface area contributed by atoms with Crippen molar-refractivity contribution < 1.29 is 0 Å². The topological polar surface area (TPSA) is 47.7 Å². The minimum absolute atomic E-state index is 0.821. The summed E-state index contributed by atoms with van der Waals surface area (Å²) in [4.78, 5) is 4.32. The summed E-state index contributed by atoms with van der Waals surface area (Å²) in [6.45, 7) is 4.86. The predicted octanol–water partition coefficient (Wildman–Crippen LogP) is 0.969. The van der Waals surface area contributed by atoms with E-state index in [4.69, 9.17) is 0 Å². The Morgan fingerprint density at radius 3 is 3.00 bits per heavy atom. The van der Waals surface area contributed by atoms with Gasteiger partial charge in [0.25, 0.3) is 0 Å². The van der Waals surface area contributed by atoms with Crippen molar-refractivity contribution in [3.05, 3.63) is 36.2 Å². The highest BCUT2D eigenvalue weighted by Gasteiger charge is 2.00. The Balaban J connectivity index is 1.73. The lowest BCUT2D eigenvalue weighted by Crippen LogP contribution is -2.19. The van der Waals surface area contributed by atoms with Gasteiger partial charge in [0, 0.05) is 32.2 Å². The Morgan fingerprint density at radius 1 is 1.41 bits per heavy atom. The summed E-state index contributed by atoms with van der Waals surface area (Å²) in [6, 6.07) is 0. The van der Waals surface area contributed by atoms with Crippen LogP contribution in [-0.4, -0.2) is 25.9 Å². The predicted molar refractivity (Wildman–Crippen MR) is 66.5 cm³/mol. The van der Waals surface area contributed by atoms with Crippen LogP contribution in [0.25, 0.3) is 0 Å². The first-order chi connectivity index (χ1) is 8.29. The molecule has 0 amide bonds. The summed E-state index contributed by atoms with van der Waals surface area (Å²) in [7, 11) is 1.94. The number of aromatic nitrogens is 4. The maximum atomic E-state index is 4.32. The van der Waals surface area contributed by atoms with Gasteiger partial charge in [0.1, 0.15) is 5.82 Å². The van der Waals surface area contributed by atoms with Crippen LogP contribution in [0.2, 0.25) is 0 Å². The molecular formula is C12H19N5. The van der Waals surface area contributed by atoms with E-state index in [2.05, 4.69) is 33.1 Å². The van der Waals surface area contributed by atoms with Crippen LogP contribution in [-0.2, 0) is 26.6 Å². The van der Waals surface area contributed by atoms with Crippen LogP contribution >= 0.6 is 0 Å². The number of rotatable bonds is 6. The summed E-state index contributed by atoms with van der Waals surface area (Å²) in [5.41, 5.74) is 1.26. The van der Waals surface area contributed by atoms with Crippen LogP contribution in [0.3, 0.4) is 0 Å². The Hall–Kier alpha value is -1.62. The van der Waals surface area contributed by atoms with E-state index in [-0.39, 0.29) is 0 Å². The molecule has 0 saturated carbocycles. The van der Waals surface area contributed by atoms with Crippen molar-refractivity contribution in [2.24, 2.45) is 7.05 Å². The van der Waals surface area contributed by atoms with E-state index in [0.29, 0.717) is 0 Å². The van der Waals surface area contributed by atoms with E-state index < -0.39 is 0 Å². The standard InChI is InChI=1S/C12H19N5/c1-3-17-7-6-14-12(17)9-13-5-4-11-8-15-16(2)10-11/h6-8,10,13H,3-5,9H2,1-2H3. The first-order valence-corrected chi connectivity index (χ1v) is 5.98. The van der Waals surface area contributed by atoms with Gasteiger partial charge in [0.05, 0.1) is 12.7 Å². The van der Waals surface area contributed by atoms with Crippen molar-refractivity contribution in [1.82, 2.24) is 24.6 Å². The van der Waals surface area contributed by atoms with Crippen LogP contribution in [0.4, 0.5) is 0 Å². The highest BCUT2D eigenvalue weighted by Crippen LogP contribution is 1.98. The third-order valence-corrected chi connectivity index (χ3v) is 2.77. The SMILES string of the molecule is CCn1ccnc1CNCCc1cnn(C)c1. The van der Waals surface area contributed by atoms with E-state index in [0.717, 1.165) is 31.9 Å². The molecule has 2 aromatic rings. The summed E-state index contributed by atoms with van der Waals surface area (Å²) in [6.07, 6.45) is 8.82. The monoisotopic (exact) mass is 233 g/mol. The maximum Gasteiger partial charge on any atom is 0.122 e. The van der Waals surface area contributed by atoms with Crippen molar-refractivity contribution in [3.63, 3.8) is 0 Å². The normalized spacial score (nSPS) is 10.9. The second-order valence-corrected chi connectivity index (χ2v) is 4.08. The van der Waals surface area contributed by atoms with Gasteiger partial charge in [-0.25, -0.2) is 4.98 Å². The molecule has 2 rings (SSSR count). The fourth-order valence-corrected chi connectivity index (χ4v) is 1.83. The fraction of sp³-hybridized carbons (Fsp3) is 0.500. The van der Waals surface area contributed by atoms with E-state index in [1.807, 2.05) is 30.3 Å². The lowest BCUT2D eigenvalue weighted by molar-refractivity contribution is 0.613. The van der Waals surface area contributed by atoms with Crippen LogP contribution in [0.5, 0.6) is 0 Å². The van der Waals surface area contributed by atoms with E-state index in [9.17, 15) is 0 Å². The Labute approximate surface area is 101 Å². The van der Waals surface area contributed by atoms with Crippen molar-refractivity contribution in [2.75, 3.05) is 6.54 Å². The van der Waals surface area contributed by atoms with Crippen molar-refractivity contribution >= 4 is 0 Å². The molecule has 5 heteroatoms. The van der Waals surface area contributed by atoms with Gasteiger partial charge in [-0.15, -0.1) is 0 Å². The lowest BCUT2D eigenvalue weighted by atomic mass is 10.2. The van der Waals surface area contributed by atoms with E-state index >= 15 is 0 Å². The summed E-state index contributed by atoms with van der Waals surface area (Å²) in [5, 5.41) is 7.54. The molecule has 0 saturated heterocycles. The minimum Gasteiger partial charge on any atom is -0.334 e. The van der Waals surface area contributed by atoms with Crippen molar-refractivity contribution in [1.29, 1.82) is 0 Å². The molecule has 0 spiro atoms. The van der Waals surface area contributed by atoms with Gasteiger partial charge in [0.15, 0.2) is 0 Å². The number of imidazole rings is 1. The largest absolute Gasteiger partial charge is 0.334 e. The zero-order valence-corrected chi connectivity index (χ0v) is 10.4. The molecule has 2 heterocycles. The number of nitrogens with one attached hydrogen (secondary N) is 1. The molecule has 0 bridgehead atoms. The highest BCUT2D eigenvalue weighted by molar-refractivity contribution is 5.04. The average Bonchev–Trinajstić information content (AvgIpc) is 2.93. The van der Waals surface area contributed by atoms with E-state index in [1.54, 1.807) is 0 Å². The Bertz CT molecular complexity index is 457. The summed E-state index contributed by atoms with van der Waals surface area (Å²) < 4.78 is 3.98. The fourth-order valence-electron chi connectivity index (χ4n) is 1.83. The van der Waals surface area contributed by atoms with Crippen molar-refractivity contribution in [3.8, 4) is 0 Å². The second kappa shape index (κ2) is 5.63. The molecule has 2 aromatic heterocycles. The summed E-state index contributed by atoms with van der Waals surface area (Å²) in [5.74, 6) is 1.10. The molecule has 5 nitrogen and oxygen atoms in total. The molecule has 17 heavy (non-hydrogen) atoms. The molecule has 0 atom stereocenters. The number of hydrogen-bond donors (Lipinski definition) is 1.